The van der Waals surface area contributed by atoms with Gasteiger partial charge in [0.15, 0.2) is 0 Å². The van der Waals surface area contributed by atoms with Crippen LogP contribution in [-0.4, -0.2) is 14.1 Å². The van der Waals surface area contributed by atoms with Crippen LogP contribution in [0.4, 0.5) is 0 Å². The summed E-state index contributed by atoms with van der Waals surface area (Å²) in [4.78, 5) is 4.08. The minimum absolute atomic E-state index is 0.574. The van der Waals surface area contributed by atoms with Crippen LogP contribution in [0, 0.1) is 0 Å². The zero-order chi connectivity index (χ0) is 9.97. The van der Waals surface area contributed by atoms with Gasteiger partial charge in [-0.25, -0.2) is 4.98 Å². The average molecular weight is 190 g/mol. The molecule has 0 bridgehead atoms. The molecule has 2 aromatic rings. The SMILES string of the molecule is Cn1cncc1Cn1cccc1CN. The number of aromatic nitrogens is 3. The van der Waals surface area contributed by atoms with Crippen molar-refractivity contribution in [3.8, 4) is 0 Å². The highest BCUT2D eigenvalue weighted by Crippen LogP contribution is 2.06. The summed E-state index contributed by atoms with van der Waals surface area (Å²) in [7, 11) is 1.99. The first-order valence-corrected chi connectivity index (χ1v) is 4.60. The highest BCUT2D eigenvalue weighted by Gasteiger charge is 2.02. The van der Waals surface area contributed by atoms with Crippen molar-refractivity contribution >= 4 is 0 Å². The first-order chi connectivity index (χ1) is 6.81. The highest BCUT2D eigenvalue weighted by atomic mass is 15.1. The molecule has 2 heterocycles. The Morgan fingerprint density at radius 2 is 2.29 bits per heavy atom. The maximum atomic E-state index is 5.62. The molecule has 0 aromatic carbocycles. The van der Waals surface area contributed by atoms with E-state index in [4.69, 9.17) is 5.73 Å². The molecule has 0 amide bonds. The number of nitrogens with two attached hydrogens (primary N) is 1. The van der Waals surface area contributed by atoms with Crippen LogP contribution >= 0.6 is 0 Å². The molecule has 0 saturated carbocycles. The molecule has 0 spiro atoms. The Labute approximate surface area is 83.0 Å². The smallest absolute Gasteiger partial charge is 0.0946 e. The minimum Gasteiger partial charge on any atom is -0.344 e. The molecule has 0 fully saturated rings. The van der Waals surface area contributed by atoms with Crippen molar-refractivity contribution in [3.63, 3.8) is 0 Å². The van der Waals surface area contributed by atoms with Crippen LogP contribution in [0.5, 0.6) is 0 Å². The summed E-state index contributed by atoms with van der Waals surface area (Å²) in [6.45, 7) is 1.40. The quantitative estimate of drug-likeness (QED) is 0.775. The van der Waals surface area contributed by atoms with Gasteiger partial charge in [0.25, 0.3) is 0 Å². The molecule has 2 aromatic heterocycles. The van der Waals surface area contributed by atoms with E-state index >= 15 is 0 Å². The Hall–Kier alpha value is -1.55. The summed E-state index contributed by atoms with van der Waals surface area (Å²) in [6, 6.07) is 4.05. The van der Waals surface area contributed by atoms with Gasteiger partial charge in [0.05, 0.1) is 18.6 Å². The topological polar surface area (TPSA) is 48.8 Å². The minimum atomic E-state index is 0.574. The number of nitrogens with zero attached hydrogens (tertiary/aromatic N) is 3. The van der Waals surface area contributed by atoms with E-state index < -0.39 is 0 Å². The monoisotopic (exact) mass is 190 g/mol. The molecule has 0 aliphatic rings. The number of aryl methyl sites for hydroxylation is 1. The third-order valence-corrected chi connectivity index (χ3v) is 2.38. The molecule has 0 aliphatic heterocycles. The average Bonchev–Trinajstić information content (AvgIpc) is 2.77. The first kappa shape index (κ1) is 9.02. The predicted molar refractivity (Wildman–Crippen MR) is 54.6 cm³/mol. The molecular formula is C10H14N4. The number of imidazole rings is 1. The van der Waals surface area contributed by atoms with E-state index in [0.717, 1.165) is 12.2 Å². The van der Waals surface area contributed by atoms with Gasteiger partial charge in [-0.3, -0.25) is 0 Å². The van der Waals surface area contributed by atoms with Gasteiger partial charge in [-0.05, 0) is 12.1 Å². The van der Waals surface area contributed by atoms with Crippen molar-refractivity contribution in [1.29, 1.82) is 0 Å². The van der Waals surface area contributed by atoms with Crippen LogP contribution in [0.3, 0.4) is 0 Å². The molecular weight excluding hydrogens is 176 g/mol. The Balaban J connectivity index is 2.22. The maximum absolute atomic E-state index is 5.62. The second kappa shape index (κ2) is 3.67. The molecule has 74 valence electrons. The van der Waals surface area contributed by atoms with Gasteiger partial charge in [0.2, 0.25) is 0 Å². The second-order valence-corrected chi connectivity index (χ2v) is 3.33. The molecule has 0 radical (unpaired) electrons. The van der Waals surface area contributed by atoms with Crippen molar-refractivity contribution in [2.75, 3.05) is 0 Å². The van der Waals surface area contributed by atoms with E-state index in [9.17, 15) is 0 Å². The largest absolute Gasteiger partial charge is 0.344 e. The fourth-order valence-corrected chi connectivity index (χ4v) is 1.50. The third kappa shape index (κ3) is 1.56. The van der Waals surface area contributed by atoms with Crippen molar-refractivity contribution in [3.05, 3.63) is 42.2 Å². The zero-order valence-electron chi connectivity index (χ0n) is 8.22. The highest BCUT2D eigenvalue weighted by molar-refractivity contribution is 5.10. The van der Waals surface area contributed by atoms with Crippen LogP contribution < -0.4 is 5.73 Å². The summed E-state index contributed by atoms with van der Waals surface area (Å²) in [5.74, 6) is 0. The lowest BCUT2D eigenvalue weighted by Crippen LogP contribution is -2.09. The van der Waals surface area contributed by atoms with Crippen molar-refractivity contribution < 1.29 is 0 Å². The zero-order valence-corrected chi connectivity index (χ0v) is 8.22. The number of hydrogen-bond donors (Lipinski definition) is 1. The molecule has 2 rings (SSSR count). The Bertz CT molecular complexity index is 413. The summed E-state index contributed by atoms with van der Waals surface area (Å²) >= 11 is 0. The van der Waals surface area contributed by atoms with Crippen LogP contribution in [0.25, 0.3) is 0 Å². The summed E-state index contributed by atoms with van der Waals surface area (Å²) in [5.41, 5.74) is 7.94. The molecule has 2 N–H and O–H groups in total. The second-order valence-electron chi connectivity index (χ2n) is 3.33. The predicted octanol–water partition coefficient (Wildman–Crippen LogP) is 0.729. The van der Waals surface area contributed by atoms with Gasteiger partial charge >= 0.3 is 0 Å². The van der Waals surface area contributed by atoms with E-state index in [1.165, 1.54) is 5.69 Å². The summed E-state index contributed by atoms with van der Waals surface area (Å²) < 4.78 is 4.15. The van der Waals surface area contributed by atoms with Gasteiger partial charge in [-0.15, -0.1) is 0 Å². The lowest BCUT2D eigenvalue weighted by atomic mass is 10.4. The summed E-state index contributed by atoms with van der Waals surface area (Å²) in [5, 5.41) is 0. The van der Waals surface area contributed by atoms with Crippen molar-refractivity contribution in [2.45, 2.75) is 13.1 Å². The Kier molecular flexibility index (Phi) is 2.37. The van der Waals surface area contributed by atoms with Gasteiger partial charge in [0.1, 0.15) is 0 Å². The fourth-order valence-electron chi connectivity index (χ4n) is 1.50. The molecule has 0 atom stereocenters. The normalized spacial score (nSPS) is 10.7. The summed E-state index contributed by atoms with van der Waals surface area (Å²) in [6.07, 6.45) is 5.72. The Morgan fingerprint density at radius 1 is 1.43 bits per heavy atom. The van der Waals surface area contributed by atoms with E-state index in [1.54, 1.807) is 6.33 Å². The van der Waals surface area contributed by atoms with Crippen LogP contribution in [-0.2, 0) is 20.1 Å². The molecule has 0 unspecified atom stereocenters. The van der Waals surface area contributed by atoms with E-state index in [2.05, 4.69) is 9.55 Å². The third-order valence-electron chi connectivity index (χ3n) is 2.38. The molecule has 14 heavy (non-hydrogen) atoms. The van der Waals surface area contributed by atoms with Crippen molar-refractivity contribution in [1.82, 2.24) is 14.1 Å². The lowest BCUT2D eigenvalue weighted by molar-refractivity contribution is 0.693. The standard InChI is InChI=1S/C10H14N4/c1-13-8-12-6-10(13)7-14-4-2-3-9(14)5-11/h2-4,6,8H,5,7,11H2,1H3. The van der Waals surface area contributed by atoms with E-state index in [1.807, 2.05) is 36.1 Å². The molecule has 0 saturated heterocycles. The maximum Gasteiger partial charge on any atom is 0.0946 e. The number of hydrogen-bond acceptors (Lipinski definition) is 2. The van der Waals surface area contributed by atoms with Crippen LogP contribution in [0.15, 0.2) is 30.9 Å². The van der Waals surface area contributed by atoms with Gasteiger partial charge in [-0.1, -0.05) is 0 Å². The molecule has 0 aliphatic carbocycles. The lowest BCUT2D eigenvalue weighted by Gasteiger charge is -2.07. The number of rotatable bonds is 3. The van der Waals surface area contributed by atoms with E-state index in [0.29, 0.717) is 6.54 Å². The molecule has 4 heteroatoms. The van der Waals surface area contributed by atoms with Crippen LogP contribution in [0.2, 0.25) is 0 Å². The first-order valence-electron chi connectivity index (χ1n) is 4.60. The van der Waals surface area contributed by atoms with Gasteiger partial charge in [-0.2, -0.15) is 0 Å². The molecule has 4 nitrogen and oxygen atoms in total. The van der Waals surface area contributed by atoms with E-state index in [-0.39, 0.29) is 0 Å². The van der Waals surface area contributed by atoms with Gasteiger partial charge in [0, 0.05) is 31.7 Å². The Morgan fingerprint density at radius 3 is 2.93 bits per heavy atom. The van der Waals surface area contributed by atoms with Crippen molar-refractivity contribution in [2.24, 2.45) is 12.8 Å². The fraction of sp³-hybridized carbons (Fsp3) is 0.300. The van der Waals surface area contributed by atoms with Gasteiger partial charge < -0.3 is 14.9 Å². The van der Waals surface area contributed by atoms with Crippen LogP contribution in [0.1, 0.15) is 11.4 Å².